The molecule has 332 valence electrons. The second-order valence-electron chi connectivity index (χ2n) is 19.7. The summed E-state index contributed by atoms with van der Waals surface area (Å²) in [6.45, 7) is 9.51. The Morgan fingerprint density at radius 3 is 1.70 bits per heavy atom. The number of fused-ring (bicyclic) bond motifs is 9. The molecule has 10 aromatic carbocycles. The van der Waals surface area contributed by atoms with Crippen LogP contribution in [0.4, 0.5) is 17.1 Å². The van der Waals surface area contributed by atoms with Gasteiger partial charge in [-0.15, -0.1) is 0 Å². The van der Waals surface area contributed by atoms with E-state index in [0.717, 1.165) is 17.1 Å². The molecule has 13 rings (SSSR count). The minimum Gasteiger partial charge on any atom is -0.309 e. The van der Waals surface area contributed by atoms with E-state index in [2.05, 4.69) is 268 Å². The smallest absolute Gasteiger partial charge is 0.0547 e. The minimum absolute atomic E-state index is 0. The Hall–Kier alpha value is -8.20. The Bertz CT molecular complexity index is 3780. The van der Waals surface area contributed by atoms with Crippen molar-refractivity contribution in [3.8, 4) is 61.3 Å². The first-order chi connectivity index (χ1) is 33.3. The summed E-state index contributed by atoms with van der Waals surface area (Å²) in [5, 5.41) is 2.51. The highest BCUT2D eigenvalue weighted by molar-refractivity contribution is 6.16. The molecule has 0 atom stereocenters. The number of anilines is 3. The molecule has 0 N–H and O–H groups in total. The molecule has 0 saturated heterocycles. The van der Waals surface area contributed by atoms with E-state index in [1.807, 2.05) is 0 Å². The van der Waals surface area contributed by atoms with Gasteiger partial charge in [-0.1, -0.05) is 205 Å². The third-order valence-corrected chi connectivity index (χ3v) is 15.2. The van der Waals surface area contributed by atoms with Gasteiger partial charge in [0.25, 0.3) is 0 Å². The summed E-state index contributed by atoms with van der Waals surface area (Å²) in [5.74, 6) is 0. The third-order valence-electron chi connectivity index (χ3n) is 15.2. The van der Waals surface area contributed by atoms with Crippen LogP contribution >= 0.6 is 0 Å². The first-order valence-electron chi connectivity index (χ1n) is 23.9. The van der Waals surface area contributed by atoms with Crippen LogP contribution in [0.5, 0.6) is 0 Å². The van der Waals surface area contributed by atoms with Crippen LogP contribution in [0.15, 0.2) is 231 Å². The van der Waals surface area contributed by atoms with Crippen LogP contribution in [-0.2, 0) is 10.8 Å². The van der Waals surface area contributed by atoms with Crippen molar-refractivity contribution < 1.29 is 0 Å². The fourth-order valence-electron chi connectivity index (χ4n) is 11.9. The molecule has 1 heterocycles. The molecule has 2 heteroatoms. The van der Waals surface area contributed by atoms with Crippen molar-refractivity contribution in [2.45, 2.75) is 46.0 Å². The number of aromatic nitrogens is 1. The Morgan fingerprint density at radius 1 is 0.348 bits per heavy atom. The number of para-hydroxylation sites is 2. The van der Waals surface area contributed by atoms with Crippen LogP contribution in [0.25, 0.3) is 83.1 Å². The average molecular weight is 887 g/mol. The summed E-state index contributed by atoms with van der Waals surface area (Å²) in [7, 11) is 0. The van der Waals surface area contributed by atoms with Crippen molar-refractivity contribution in [2.75, 3.05) is 4.90 Å². The maximum atomic E-state index is 2.54. The summed E-state index contributed by atoms with van der Waals surface area (Å²) < 4.78 is 2.40. The summed E-state index contributed by atoms with van der Waals surface area (Å²) in [6, 6.07) is 85.7. The molecule has 0 aliphatic heterocycles. The standard InChI is InChI=1S/C66H50N2.CH4/c1-65(2)56-28-15-12-24-52(56)64-57(65)29-18-32-62(64)68(48-37-33-44(34-38-48)49-26-17-31-61-63(49)53-25-13-16-30-59(53)67(61)47-21-9-6-10-22-47)60-40-36-45(43-19-7-5-8-20-43)41-54(60)46-35-39-51-50-23-11-14-27-55(50)66(3,4)58(51)42-46;/h5-42H,1-4H3;1H4. The normalized spacial score (nSPS) is 13.6. The van der Waals surface area contributed by atoms with Gasteiger partial charge in [-0.05, 0) is 127 Å². The zero-order chi connectivity index (χ0) is 45.7. The monoisotopic (exact) mass is 886 g/mol. The van der Waals surface area contributed by atoms with E-state index in [0.29, 0.717) is 0 Å². The SMILES string of the molecule is C.CC1(C)c2ccccc2-c2ccc(-c3cc(-c4ccccc4)ccc3N(c3ccc(-c4cccc5c4c4ccccc4n5-c4ccccc4)cc3)c3cccc4c3-c3ccccc3C4(C)C)cc21. The number of nitrogens with zero attached hydrogens (tertiary/aromatic N) is 2. The van der Waals surface area contributed by atoms with Crippen LogP contribution in [0.2, 0.25) is 0 Å². The van der Waals surface area contributed by atoms with E-state index in [1.165, 1.54) is 105 Å². The third kappa shape index (κ3) is 6.39. The van der Waals surface area contributed by atoms with Crippen LogP contribution in [0.3, 0.4) is 0 Å². The molecule has 2 aliphatic rings. The van der Waals surface area contributed by atoms with Gasteiger partial charge in [0.15, 0.2) is 0 Å². The van der Waals surface area contributed by atoms with Crippen LogP contribution < -0.4 is 4.90 Å². The molecule has 11 aromatic rings. The second kappa shape index (κ2) is 16.0. The lowest BCUT2D eigenvalue weighted by Gasteiger charge is -2.31. The highest BCUT2D eigenvalue weighted by Gasteiger charge is 2.39. The van der Waals surface area contributed by atoms with Crippen molar-refractivity contribution in [3.63, 3.8) is 0 Å². The predicted octanol–water partition coefficient (Wildman–Crippen LogP) is 18.5. The molecule has 0 bridgehead atoms. The maximum absolute atomic E-state index is 2.54. The molecule has 2 aliphatic carbocycles. The first kappa shape index (κ1) is 42.2. The lowest BCUT2D eigenvalue weighted by molar-refractivity contribution is 0.660. The first-order valence-corrected chi connectivity index (χ1v) is 23.9. The number of benzene rings is 10. The maximum Gasteiger partial charge on any atom is 0.0547 e. The van der Waals surface area contributed by atoms with Gasteiger partial charge in [0.2, 0.25) is 0 Å². The predicted molar refractivity (Wildman–Crippen MR) is 294 cm³/mol. The van der Waals surface area contributed by atoms with E-state index in [-0.39, 0.29) is 18.3 Å². The molecular weight excluding hydrogens is 833 g/mol. The van der Waals surface area contributed by atoms with E-state index < -0.39 is 0 Å². The molecule has 1 aromatic heterocycles. The molecule has 69 heavy (non-hydrogen) atoms. The van der Waals surface area contributed by atoms with E-state index in [4.69, 9.17) is 0 Å². The quantitative estimate of drug-likeness (QED) is 0.155. The molecule has 2 nitrogen and oxygen atoms in total. The molecule has 0 fully saturated rings. The molecule has 0 spiro atoms. The molecule has 0 saturated carbocycles. The van der Waals surface area contributed by atoms with Gasteiger partial charge >= 0.3 is 0 Å². The fraction of sp³-hybridized carbons (Fsp3) is 0.104. The summed E-state index contributed by atoms with van der Waals surface area (Å²) in [4.78, 5) is 2.54. The van der Waals surface area contributed by atoms with Crippen molar-refractivity contribution in [3.05, 3.63) is 253 Å². The average Bonchev–Trinajstić information content (AvgIpc) is 3.94. The van der Waals surface area contributed by atoms with Gasteiger partial charge in [0.1, 0.15) is 0 Å². The van der Waals surface area contributed by atoms with E-state index in [9.17, 15) is 0 Å². The van der Waals surface area contributed by atoms with Crippen molar-refractivity contribution in [1.82, 2.24) is 4.57 Å². The zero-order valence-corrected chi connectivity index (χ0v) is 38.8. The van der Waals surface area contributed by atoms with Crippen LogP contribution in [0.1, 0.15) is 57.4 Å². The van der Waals surface area contributed by atoms with Gasteiger partial charge in [0.05, 0.1) is 22.4 Å². The lowest BCUT2D eigenvalue weighted by Crippen LogP contribution is -2.16. The highest BCUT2D eigenvalue weighted by atomic mass is 15.1. The van der Waals surface area contributed by atoms with Gasteiger partial charge in [-0.25, -0.2) is 0 Å². The Balaban J connectivity index is 0.00000492. The highest BCUT2D eigenvalue weighted by Crippen LogP contribution is 2.56. The molecule has 0 radical (unpaired) electrons. The summed E-state index contributed by atoms with van der Waals surface area (Å²) in [6.07, 6.45) is 0. The van der Waals surface area contributed by atoms with E-state index >= 15 is 0 Å². The lowest BCUT2D eigenvalue weighted by atomic mass is 9.81. The van der Waals surface area contributed by atoms with Gasteiger partial charge in [-0.3, -0.25) is 0 Å². The Kier molecular flexibility index (Phi) is 9.76. The largest absolute Gasteiger partial charge is 0.309 e. The Morgan fingerprint density at radius 2 is 0.913 bits per heavy atom. The minimum atomic E-state index is -0.157. The fourth-order valence-corrected chi connectivity index (χ4v) is 11.9. The summed E-state index contributed by atoms with van der Waals surface area (Å²) >= 11 is 0. The van der Waals surface area contributed by atoms with Gasteiger partial charge in [-0.2, -0.15) is 0 Å². The molecule has 0 amide bonds. The van der Waals surface area contributed by atoms with Crippen molar-refractivity contribution >= 4 is 38.9 Å². The topological polar surface area (TPSA) is 8.17 Å². The zero-order valence-electron chi connectivity index (χ0n) is 38.8. The second-order valence-corrected chi connectivity index (χ2v) is 19.7. The van der Waals surface area contributed by atoms with Crippen molar-refractivity contribution in [2.24, 2.45) is 0 Å². The van der Waals surface area contributed by atoms with Crippen molar-refractivity contribution in [1.29, 1.82) is 0 Å². The van der Waals surface area contributed by atoms with Crippen LogP contribution in [0, 0.1) is 0 Å². The number of hydrogen-bond acceptors (Lipinski definition) is 1. The molecular formula is C67H54N2. The number of rotatable bonds is 7. The number of hydrogen-bond donors (Lipinski definition) is 0. The van der Waals surface area contributed by atoms with Gasteiger partial charge in [0, 0.05) is 44.1 Å². The summed E-state index contributed by atoms with van der Waals surface area (Å²) in [5.41, 5.74) is 24.6. The van der Waals surface area contributed by atoms with Gasteiger partial charge < -0.3 is 9.47 Å². The molecule has 0 unspecified atom stereocenters. The van der Waals surface area contributed by atoms with Crippen LogP contribution in [-0.4, -0.2) is 4.57 Å². The van der Waals surface area contributed by atoms with E-state index in [1.54, 1.807) is 0 Å². The Labute approximate surface area is 406 Å².